The van der Waals surface area contributed by atoms with E-state index in [-0.39, 0.29) is 23.8 Å². The maximum Gasteiger partial charge on any atom is 0.236 e. The highest BCUT2D eigenvalue weighted by Gasteiger charge is 2.38. The van der Waals surface area contributed by atoms with Crippen LogP contribution in [0.25, 0.3) is 0 Å². The van der Waals surface area contributed by atoms with Gasteiger partial charge in [-0.2, -0.15) is 0 Å². The molecule has 3 heteroatoms. The summed E-state index contributed by atoms with van der Waals surface area (Å²) in [7, 11) is 0. The Kier molecular flexibility index (Phi) is 2.73. The van der Waals surface area contributed by atoms with Gasteiger partial charge in [-0.3, -0.25) is 9.36 Å². The van der Waals surface area contributed by atoms with Crippen molar-refractivity contribution in [3.63, 3.8) is 0 Å². The SMILES string of the molecule is C=C[C@H]1CO[C@H](C)[C@H]1C(=O)n1cccc1. The van der Waals surface area contributed by atoms with Crippen LogP contribution in [0.5, 0.6) is 0 Å². The average Bonchev–Trinajstić information content (AvgIpc) is 2.85. The Hall–Kier alpha value is -1.35. The molecule has 0 aromatic carbocycles. The van der Waals surface area contributed by atoms with Crippen LogP contribution < -0.4 is 0 Å². The fourth-order valence-corrected chi connectivity index (χ4v) is 2.07. The molecule has 3 nitrogen and oxygen atoms in total. The molecule has 3 atom stereocenters. The van der Waals surface area contributed by atoms with Gasteiger partial charge in [0.1, 0.15) is 0 Å². The first kappa shape index (κ1) is 10.2. The van der Waals surface area contributed by atoms with E-state index in [4.69, 9.17) is 4.74 Å². The van der Waals surface area contributed by atoms with E-state index in [1.54, 1.807) is 17.0 Å². The molecule has 0 amide bonds. The lowest BCUT2D eigenvalue weighted by atomic mass is 9.90. The number of rotatable bonds is 2. The summed E-state index contributed by atoms with van der Waals surface area (Å²) in [6, 6.07) is 3.70. The Morgan fingerprint density at radius 2 is 2.20 bits per heavy atom. The predicted octanol–water partition coefficient (Wildman–Crippen LogP) is 1.97. The van der Waals surface area contributed by atoms with Gasteiger partial charge in [0.05, 0.1) is 18.6 Å². The molecule has 2 heterocycles. The number of carbonyl (C=O) groups is 1. The third-order valence-electron chi connectivity index (χ3n) is 2.97. The number of carbonyl (C=O) groups excluding carboxylic acids is 1. The molecule has 15 heavy (non-hydrogen) atoms. The van der Waals surface area contributed by atoms with Crippen LogP contribution in [0, 0.1) is 11.8 Å². The van der Waals surface area contributed by atoms with E-state index in [0.29, 0.717) is 6.61 Å². The number of nitrogens with zero attached hydrogens (tertiary/aromatic N) is 1. The lowest BCUT2D eigenvalue weighted by molar-refractivity contribution is 0.0686. The first-order chi connectivity index (χ1) is 7.24. The smallest absolute Gasteiger partial charge is 0.236 e. The van der Waals surface area contributed by atoms with Crippen LogP contribution in [0.2, 0.25) is 0 Å². The third kappa shape index (κ3) is 1.75. The van der Waals surface area contributed by atoms with E-state index in [2.05, 4.69) is 6.58 Å². The van der Waals surface area contributed by atoms with Crippen molar-refractivity contribution in [1.29, 1.82) is 0 Å². The Bertz CT molecular complexity index is 356. The van der Waals surface area contributed by atoms with E-state index >= 15 is 0 Å². The lowest BCUT2D eigenvalue weighted by Crippen LogP contribution is -2.30. The molecule has 1 aliphatic heterocycles. The van der Waals surface area contributed by atoms with Gasteiger partial charge >= 0.3 is 0 Å². The fourth-order valence-electron chi connectivity index (χ4n) is 2.07. The summed E-state index contributed by atoms with van der Waals surface area (Å²) >= 11 is 0. The van der Waals surface area contributed by atoms with Crippen molar-refractivity contribution in [3.05, 3.63) is 37.2 Å². The van der Waals surface area contributed by atoms with Gasteiger partial charge in [-0.1, -0.05) is 6.08 Å². The first-order valence-electron chi connectivity index (χ1n) is 5.15. The van der Waals surface area contributed by atoms with Crippen LogP contribution in [0.4, 0.5) is 0 Å². The van der Waals surface area contributed by atoms with Crippen molar-refractivity contribution in [2.24, 2.45) is 11.8 Å². The number of hydrogen-bond donors (Lipinski definition) is 0. The van der Waals surface area contributed by atoms with E-state index in [0.717, 1.165) is 0 Å². The highest BCUT2D eigenvalue weighted by molar-refractivity contribution is 5.82. The molecule has 0 aliphatic carbocycles. The molecule has 0 spiro atoms. The maximum absolute atomic E-state index is 12.1. The molecule has 0 radical (unpaired) electrons. The summed E-state index contributed by atoms with van der Waals surface area (Å²) in [5.74, 6) is 0.125. The molecule has 1 aliphatic rings. The fraction of sp³-hybridized carbons (Fsp3) is 0.417. The minimum Gasteiger partial charge on any atom is -0.377 e. The van der Waals surface area contributed by atoms with Crippen LogP contribution in [0.1, 0.15) is 11.7 Å². The quantitative estimate of drug-likeness (QED) is 0.691. The maximum atomic E-state index is 12.1. The molecule has 0 unspecified atom stereocenters. The van der Waals surface area contributed by atoms with Crippen molar-refractivity contribution in [2.45, 2.75) is 13.0 Å². The summed E-state index contributed by atoms with van der Waals surface area (Å²) in [6.07, 6.45) is 5.33. The molecular weight excluding hydrogens is 190 g/mol. The summed E-state index contributed by atoms with van der Waals surface area (Å²) in [6.45, 7) is 6.29. The zero-order valence-electron chi connectivity index (χ0n) is 8.80. The molecule has 80 valence electrons. The molecule has 0 N–H and O–H groups in total. The largest absolute Gasteiger partial charge is 0.377 e. The normalized spacial score (nSPS) is 30.3. The summed E-state index contributed by atoms with van der Waals surface area (Å²) in [4.78, 5) is 12.1. The van der Waals surface area contributed by atoms with Gasteiger partial charge < -0.3 is 4.74 Å². The molecule has 0 saturated carbocycles. The molecule has 2 rings (SSSR count). The van der Waals surface area contributed by atoms with Crippen molar-refractivity contribution in [2.75, 3.05) is 6.61 Å². The minimum atomic E-state index is -0.102. The van der Waals surface area contributed by atoms with Crippen molar-refractivity contribution in [1.82, 2.24) is 4.57 Å². The highest BCUT2D eigenvalue weighted by Crippen LogP contribution is 2.29. The molecule has 1 fully saturated rings. The lowest BCUT2D eigenvalue weighted by Gasteiger charge is -2.16. The number of aromatic nitrogens is 1. The summed E-state index contributed by atoms with van der Waals surface area (Å²) < 4.78 is 7.10. The summed E-state index contributed by atoms with van der Waals surface area (Å²) in [5, 5.41) is 0. The second kappa shape index (κ2) is 4.03. The van der Waals surface area contributed by atoms with E-state index < -0.39 is 0 Å². The molecule has 1 saturated heterocycles. The average molecular weight is 205 g/mol. The Labute approximate surface area is 89.3 Å². The van der Waals surface area contributed by atoms with Crippen molar-refractivity contribution < 1.29 is 9.53 Å². The van der Waals surface area contributed by atoms with E-state index in [1.807, 2.05) is 25.1 Å². The Balaban J connectivity index is 2.22. The number of hydrogen-bond acceptors (Lipinski definition) is 2. The van der Waals surface area contributed by atoms with Gasteiger partial charge in [-0.05, 0) is 19.1 Å². The highest BCUT2D eigenvalue weighted by atomic mass is 16.5. The topological polar surface area (TPSA) is 31.2 Å². The zero-order chi connectivity index (χ0) is 10.8. The van der Waals surface area contributed by atoms with Gasteiger partial charge in [0.25, 0.3) is 0 Å². The van der Waals surface area contributed by atoms with Crippen molar-refractivity contribution >= 4 is 5.91 Å². The minimum absolute atomic E-state index is 0.0251. The van der Waals surface area contributed by atoms with E-state index in [1.165, 1.54) is 0 Å². The molecule has 1 aromatic heterocycles. The van der Waals surface area contributed by atoms with Crippen LogP contribution in [0.15, 0.2) is 37.2 Å². The Morgan fingerprint density at radius 3 is 2.80 bits per heavy atom. The van der Waals surface area contributed by atoms with Crippen LogP contribution >= 0.6 is 0 Å². The summed E-state index contributed by atoms with van der Waals surface area (Å²) in [5.41, 5.74) is 0. The van der Waals surface area contributed by atoms with E-state index in [9.17, 15) is 4.79 Å². The van der Waals surface area contributed by atoms with Crippen molar-refractivity contribution in [3.8, 4) is 0 Å². The zero-order valence-corrected chi connectivity index (χ0v) is 8.80. The molecule has 1 aromatic rings. The van der Waals surface area contributed by atoms with Crippen LogP contribution in [-0.4, -0.2) is 23.2 Å². The van der Waals surface area contributed by atoms with Gasteiger partial charge in [-0.25, -0.2) is 0 Å². The number of ether oxygens (including phenoxy) is 1. The predicted molar refractivity (Wildman–Crippen MR) is 57.6 cm³/mol. The molecular formula is C12H15NO2. The third-order valence-corrected chi connectivity index (χ3v) is 2.97. The van der Waals surface area contributed by atoms with Crippen LogP contribution in [0.3, 0.4) is 0 Å². The van der Waals surface area contributed by atoms with Gasteiger partial charge in [0.15, 0.2) is 0 Å². The second-order valence-electron chi connectivity index (χ2n) is 3.89. The first-order valence-corrected chi connectivity index (χ1v) is 5.15. The van der Waals surface area contributed by atoms with Gasteiger partial charge in [0, 0.05) is 18.3 Å². The standard InChI is InChI=1S/C12H15NO2/c1-3-10-8-15-9(2)11(10)12(14)13-6-4-5-7-13/h3-7,9-11H,1,8H2,2H3/t9-,10+,11-/m1/s1. The van der Waals surface area contributed by atoms with Crippen LogP contribution in [-0.2, 0) is 4.74 Å². The monoisotopic (exact) mass is 205 g/mol. The van der Waals surface area contributed by atoms with Gasteiger partial charge in [-0.15, -0.1) is 6.58 Å². The second-order valence-corrected chi connectivity index (χ2v) is 3.89. The molecule has 0 bridgehead atoms. The van der Waals surface area contributed by atoms with Gasteiger partial charge in [0.2, 0.25) is 5.91 Å². The Morgan fingerprint density at radius 1 is 1.53 bits per heavy atom.